The van der Waals surface area contributed by atoms with Crippen LogP contribution in [0.3, 0.4) is 0 Å². The van der Waals surface area contributed by atoms with E-state index in [9.17, 15) is 18.3 Å². The Morgan fingerprint density at radius 3 is 2.67 bits per heavy atom. The third-order valence-corrected chi connectivity index (χ3v) is 5.09. The minimum atomic E-state index is -3.88. The number of anilines is 1. The average Bonchev–Trinajstić information content (AvgIpc) is 3.25. The lowest BCUT2D eigenvalue weighted by Gasteiger charge is -2.15. The van der Waals surface area contributed by atoms with Crippen LogP contribution >= 0.6 is 0 Å². The molecule has 0 saturated heterocycles. The van der Waals surface area contributed by atoms with Gasteiger partial charge in [-0.1, -0.05) is 0 Å². The van der Waals surface area contributed by atoms with Gasteiger partial charge in [0.1, 0.15) is 0 Å². The molecule has 0 aliphatic heterocycles. The van der Waals surface area contributed by atoms with Gasteiger partial charge >= 0.3 is 5.97 Å². The lowest BCUT2D eigenvalue weighted by atomic mass is 10.1. The summed E-state index contributed by atoms with van der Waals surface area (Å²) in [4.78, 5) is 11.5. The molecular formula is C13H18N2O5S. The van der Waals surface area contributed by atoms with Crippen LogP contribution in [0.15, 0.2) is 23.1 Å². The van der Waals surface area contributed by atoms with Gasteiger partial charge in [-0.05, 0) is 31.0 Å². The molecule has 1 aromatic carbocycles. The molecule has 2 rings (SSSR count). The molecular weight excluding hydrogens is 296 g/mol. The third kappa shape index (κ3) is 3.34. The van der Waals surface area contributed by atoms with Crippen molar-refractivity contribution < 1.29 is 23.1 Å². The number of nitrogen functional groups attached to an aromatic ring is 1. The Labute approximate surface area is 123 Å². The van der Waals surface area contributed by atoms with Crippen LogP contribution in [0.1, 0.15) is 23.2 Å². The van der Waals surface area contributed by atoms with E-state index in [-0.39, 0.29) is 34.7 Å². The zero-order valence-electron chi connectivity index (χ0n) is 11.6. The number of nitrogens with two attached hydrogens (primary N) is 1. The number of esters is 1. The zero-order chi connectivity index (χ0) is 15.7. The summed E-state index contributed by atoms with van der Waals surface area (Å²) in [6.45, 7) is 0.0674. The van der Waals surface area contributed by atoms with E-state index in [1.165, 1.54) is 25.3 Å². The Balaban J connectivity index is 2.29. The van der Waals surface area contributed by atoms with Gasteiger partial charge in [0.15, 0.2) is 0 Å². The summed E-state index contributed by atoms with van der Waals surface area (Å²) in [6.07, 6.45) is 1.55. The molecule has 1 aliphatic carbocycles. The molecule has 0 heterocycles. The van der Waals surface area contributed by atoms with Gasteiger partial charge in [0.25, 0.3) is 0 Å². The number of carbonyl (C=O) groups is 1. The fourth-order valence-corrected chi connectivity index (χ4v) is 3.28. The summed E-state index contributed by atoms with van der Waals surface area (Å²) in [6, 6.07) is 3.93. The van der Waals surface area contributed by atoms with Crippen LogP contribution in [0.25, 0.3) is 0 Å². The molecule has 0 unspecified atom stereocenters. The lowest BCUT2D eigenvalue weighted by Crippen LogP contribution is -2.32. The quantitative estimate of drug-likeness (QED) is 0.506. The summed E-state index contributed by atoms with van der Waals surface area (Å²) < 4.78 is 31.7. The van der Waals surface area contributed by atoms with Crippen molar-refractivity contribution in [2.24, 2.45) is 5.41 Å². The molecule has 4 N–H and O–H groups in total. The second-order valence-corrected chi connectivity index (χ2v) is 6.97. The van der Waals surface area contributed by atoms with E-state index in [1.54, 1.807) is 0 Å². The van der Waals surface area contributed by atoms with Crippen LogP contribution < -0.4 is 10.5 Å². The van der Waals surface area contributed by atoms with Gasteiger partial charge in [-0.25, -0.2) is 17.9 Å². The number of hydrogen-bond donors (Lipinski definition) is 3. The average molecular weight is 314 g/mol. The molecule has 21 heavy (non-hydrogen) atoms. The van der Waals surface area contributed by atoms with E-state index in [2.05, 4.69) is 9.46 Å². The molecule has 1 aliphatic rings. The Morgan fingerprint density at radius 2 is 2.14 bits per heavy atom. The fraction of sp³-hybridized carbons (Fsp3) is 0.462. The molecule has 0 atom stereocenters. The highest BCUT2D eigenvalue weighted by Gasteiger charge is 2.42. The summed E-state index contributed by atoms with van der Waals surface area (Å²) in [5.74, 6) is -0.772. The van der Waals surface area contributed by atoms with Gasteiger partial charge in [0, 0.05) is 24.3 Å². The molecule has 7 nitrogen and oxygen atoms in total. The summed E-state index contributed by atoms with van der Waals surface area (Å²) >= 11 is 0. The van der Waals surface area contributed by atoms with Crippen LogP contribution in [0.2, 0.25) is 0 Å². The van der Waals surface area contributed by atoms with E-state index in [1.807, 2.05) is 0 Å². The fourth-order valence-electron chi connectivity index (χ4n) is 1.94. The van der Waals surface area contributed by atoms with Gasteiger partial charge in [-0.2, -0.15) is 0 Å². The Bertz CT molecular complexity index is 653. The maximum absolute atomic E-state index is 12.3. The number of rotatable bonds is 6. The Kier molecular flexibility index (Phi) is 4.22. The van der Waals surface area contributed by atoms with Crippen molar-refractivity contribution in [2.45, 2.75) is 17.7 Å². The van der Waals surface area contributed by atoms with Gasteiger partial charge in [-0.3, -0.25) is 0 Å². The van der Waals surface area contributed by atoms with Gasteiger partial charge in [0.2, 0.25) is 10.0 Å². The van der Waals surface area contributed by atoms with Gasteiger partial charge < -0.3 is 15.6 Å². The van der Waals surface area contributed by atoms with Crippen LogP contribution in [0.4, 0.5) is 5.69 Å². The number of ether oxygens (including phenoxy) is 1. The first-order valence-corrected chi connectivity index (χ1v) is 7.90. The van der Waals surface area contributed by atoms with Crippen molar-refractivity contribution in [3.05, 3.63) is 23.8 Å². The predicted molar refractivity (Wildman–Crippen MR) is 76.1 cm³/mol. The minimum Gasteiger partial charge on any atom is -0.465 e. The standard InChI is InChI=1S/C13H18N2O5S/c1-20-12(17)10-6-9(14)2-3-11(10)21(18,19)15-7-13(8-16)4-5-13/h2-3,6,15-16H,4-5,7-8,14H2,1H3. The smallest absolute Gasteiger partial charge is 0.339 e. The molecule has 1 aromatic rings. The first-order valence-electron chi connectivity index (χ1n) is 6.42. The van der Waals surface area contributed by atoms with E-state index in [0.717, 1.165) is 12.8 Å². The SMILES string of the molecule is COC(=O)c1cc(N)ccc1S(=O)(=O)NCC1(CO)CC1. The van der Waals surface area contributed by atoms with Crippen molar-refractivity contribution in [1.29, 1.82) is 0 Å². The van der Waals surface area contributed by atoms with E-state index in [0.29, 0.717) is 0 Å². The highest BCUT2D eigenvalue weighted by Crippen LogP contribution is 2.44. The molecule has 0 aromatic heterocycles. The molecule has 0 bridgehead atoms. The molecule has 0 amide bonds. The molecule has 1 fully saturated rings. The highest BCUT2D eigenvalue weighted by atomic mass is 32.2. The molecule has 8 heteroatoms. The van der Waals surface area contributed by atoms with E-state index in [4.69, 9.17) is 5.73 Å². The second-order valence-electron chi connectivity index (χ2n) is 5.23. The Hall–Kier alpha value is -1.64. The van der Waals surface area contributed by atoms with E-state index >= 15 is 0 Å². The van der Waals surface area contributed by atoms with E-state index < -0.39 is 16.0 Å². The number of nitrogens with one attached hydrogen (secondary N) is 1. The van der Waals surface area contributed by atoms with Crippen LogP contribution in [-0.2, 0) is 14.8 Å². The van der Waals surface area contributed by atoms with Crippen molar-refractivity contribution in [3.63, 3.8) is 0 Å². The van der Waals surface area contributed by atoms with Crippen molar-refractivity contribution in [2.75, 3.05) is 26.0 Å². The highest BCUT2D eigenvalue weighted by molar-refractivity contribution is 7.89. The van der Waals surface area contributed by atoms with Crippen molar-refractivity contribution in [1.82, 2.24) is 4.72 Å². The lowest BCUT2D eigenvalue weighted by molar-refractivity contribution is 0.0596. The summed E-state index contributed by atoms with van der Waals surface area (Å²) in [5, 5.41) is 9.22. The minimum absolute atomic E-state index is 0.0683. The second kappa shape index (κ2) is 5.63. The number of aliphatic hydroxyl groups is 1. The number of carbonyl (C=O) groups excluding carboxylic acids is 1. The zero-order valence-corrected chi connectivity index (χ0v) is 12.4. The van der Waals surface area contributed by atoms with Crippen LogP contribution in [0.5, 0.6) is 0 Å². The van der Waals surface area contributed by atoms with Crippen molar-refractivity contribution in [3.8, 4) is 0 Å². The van der Waals surface area contributed by atoms with Crippen LogP contribution in [-0.4, -0.2) is 39.8 Å². The van der Waals surface area contributed by atoms with Gasteiger partial charge in [0.05, 0.1) is 17.6 Å². The van der Waals surface area contributed by atoms with Crippen LogP contribution in [0, 0.1) is 5.41 Å². The normalized spacial score (nSPS) is 16.5. The monoisotopic (exact) mass is 314 g/mol. The number of methoxy groups -OCH3 is 1. The maximum atomic E-state index is 12.3. The predicted octanol–water partition coefficient (Wildman–Crippen LogP) is 0.106. The Morgan fingerprint density at radius 1 is 1.48 bits per heavy atom. The summed E-state index contributed by atoms with van der Waals surface area (Å²) in [5.41, 5.74) is 5.37. The largest absolute Gasteiger partial charge is 0.465 e. The molecule has 0 radical (unpaired) electrons. The summed E-state index contributed by atoms with van der Waals surface area (Å²) in [7, 11) is -2.72. The van der Waals surface area contributed by atoms with Gasteiger partial charge in [-0.15, -0.1) is 0 Å². The number of benzene rings is 1. The number of sulfonamides is 1. The molecule has 116 valence electrons. The topological polar surface area (TPSA) is 119 Å². The molecule has 0 spiro atoms. The number of aliphatic hydroxyl groups excluding tert-OH is 1. The van der Waals surface area contributed by atoms with Crippen molar-refractivity contribution >= 4 is 21.7 Å². The first kappa shape index (κ1) is 15.7. The third-order valence-electron chi connectivity index (χ3n) is 3.63. The molecule has 1 saturated carbocycles. The maximum Gasteiger partial charge on any atom is 0.339 e. The first-order chi connectivity index (χ1) is 9.83. The number of hydrogen-bond acceptors (Lipinski definition) is 6.